The maximum absolute atomic E-state index is 14.3. The lowest BCUT2D eigenvalue weighted by molar-refractivity contribution is -0.164. The van der Waals surface area contributed by atoms with E-state index >= 15 is 0 Å². The molecule has 386 valence electrons. The minimum absolute atomic E-state index is 0.0260. The Morgan fingerprint density at radius 2 is 1.15 bits per heavy atom. The molecule has 6 rings (SSSR count). The molecule has 0 aromatic heterocycles. The van der Waals surface area contributed by atoms with Gasteiger partial charge in [-0.15, -0.1) is 0 Å². The smallest absolute Gasteiger partial charge is 0.326 e. The van der Waals surface area contributed by atoms with Crippen molar-refractivity contribution in [2.45, 2.75) is 200 Å². The summed E-state index contributed by atoms with van der Waals surface area (Å²) in [4.78, 5) is 41.9. The molecule has 1 amide bonds. The Bertz CT molecular complexity index is 1580. The molecule has 0 radical (unpaired) electrons. The van der Waals surface area contributed by atoms with Gasteiger partial charge in [0.1, 0.15) is 24.3 Å². The van der Waals surface area contributed by atoms with Gasteiger partial charge in [0.15, 0.2) is 0 Å². The number of rotatable bonds is 19. The van der Waals surface area contributed by atoms with Crippen LogP contribution in [0.15, 0.2) is 0 Å². The monoisotopic (exact) mass is 948 g/mol. The lowest BCUT2D eigenvalue weighted by Gasteiger charge is -2.33. The second-order valence-electron chi connectivity index (χ2n) is 23.6. The average Bonchev–Trinajstić information content (AvgIpc) is 3.99. The average molecular weight is 948 g/mol. The summed E-state index contributed by atoms with van der Waals surface area (Å²) in [7, 11) is 1.67. The fourth-order valence-corrected chi connectivity index (χ4v) is 13.9. The molecular formula is C52H93N5O10. The lowest BCUT2D eigenvalue weighted by atomic mass is 9.76. The summed E-state index contributed by atoms with van der Waals surface area (Å²) in [6.45, 7) is 27.5. The third kappa shape index (κ3) is 13.7. The van der Waals surface area contributed by atoms with Crippen molar-refractivity contribution < 1.29 is 47.9 Å². The first kappa shape index (κ1) is 54.4. The summed E-state index contributed by atoms with van der Waals surface area (Å²) in [5.74, 6) is 1.39. The van der Waals surface area contributed by atoms with Gasteiger partial charge in [0.2, 0.25) is 5.91 Å². The number of aliphatic hydroxyl groups excluding tert-OH is 1. The number of fused-ring (bicyclic) bond motifs is 8. The minimum Gasteiger partial charge on any atom is -0.459 e. The third-order valence-corrected chi connectivity index (χ3v) is 17.0. The number of ether oxygens (including phenoxy) is 6. The summed E-state index contributed by atoms with van der Waals surface area (Å²) in [5.41, 5.74) is -1.48. The zero-order chi connectivity index (χ0) is 49.0. The van der Waals surface area contributed by atoms with Crippen LogP contribution >= 0.6 is 0 Å². The summed E-state index contributed by atoms with van der Waals surface area (Å²) >= 11 is 0. The van der Waals surface area contributed by atoms with Crippen molar-refractivity contribution >= 4 is 17.8 Å². The highest BCUT2D eigenvalue weighted by Crippen LogP contribution is 2.51. The van der Waals surface area contributed by atoms with Gasteiger partial charge in [0, 0.05) is 73.7 Å². The van der Waals surface area contributed by atoms with Gasteiger partial charge < -0.3 is 59.7 Å². The Kier molecular flexibility index (Phi) is 19.1. The summed E-state index contributed by atoms with van der Waals surface area (Å²) in [6.07, 6.45) is 5.23. The molecule has 1 saturated carbocycles. The Labute approximate surface area is 403 Å². The summed E-state index contributed by atoms with van der Waals surface area (Å²) in [5, 5.41) is 28.8. The van der Waals surface area contributed by atoms with Crippen molar-refractivity contribution in [1.82, 2.24) is 26.2 Å². The maximum Gasteiger partial charge on any atom is 0.326 e. The predicted octanol–water partition coefficient (Wildman–Crippen LogP) is 4.71. The molecule has 67 heavy (non-hydrogen) atoms. The van der Waals surface area contributed by atoms with Crippen LogP contribution in [0.25, 0.3) is 0 Å². The van der Waals surface area contributed by atoms with E-state index in [0.29, 0.717) is 94.2 Å². The predicted molar refractivity (Wildman–Crippen MR) is 258 cm³/mol. The van der Waals surface area contributed by atoms with Gasteiger partial charge >= 0.3 is 11.9 Å². The van der Waals surface area contributed by atoms with Gasteiger partial charge in [-0.3, -0.25) is 14.4 Å². The molecule has 5 aliphatic heterocycles. The topological polar surface area (TPSA) is 178 Å². The highest BCUT2D eigenvalue weighted by atomic mass is 16.6. The van der Waals surface area contributed by atoms with E-state index in [1.807, 2.05) is 0 Å². The highest BCUT2D eigenvalue weighted by Gasteiger charge is 2.59. The number of amides is 1. The molecule has 15 heteroatoms. The first-order valence-corrected chi connectivity index (χ1v) is 26.3. The molecule has 5 saturated heterocycles. The van der Waals surface area contributed by atoms with E-state index in [-0.39, 0.29) is 91.4 Å². The van der Waals surface area contributed by atoms with E-state index < -0.39 is 29.2 Å². The lowest BCUT2D eigenvalue weighted by Crippen LogP contribution is -2.49. The SMILES string of the molecule is CCC1C2CC3NC4C(CC(O)C4C3C)C3NC(CC4NC(CC(N2)C1C)C(C(C)OCCOCCOCCOC)C4C)[C@@H](C)[C@@H]3CCC(=O)N(CC(=O)OC(C)(C)C)CC(=O)OC(C)(C)C. The van der Waals surface area contributed by atoms with E-state index in [1.54, 1.807) is 48.7 Å². The van der Waals surface area contributed by atoms with Gasteiger partial charge in [0.05, 0.1) is 51.8 Å². The van der Waals surface area contributed by atoms with Gasteiger partial charge in [-0.2, -0.15) is 0 Å². The number of carbonyl (C=O) groups excluding carboxylic acids is 3. The van der Waals surface area contributed by atoms with E-state index in [1.165, 1.54) is 4.90 Å². The number of hydrogen-bond donors (Lipinski definition) is 5. The third-order valence-electron chi connectivity index (χ3n) is 17.0. The molecule has 1 aliphatic carbocycles. The van der Waals surface area contributed by atoms with Crippen LogP contribution in [0.1, 0.15) is 128 Å². The van der Waals surface area contributed by atoms with E-state index in [0.717, 1.165) is 25.7 Å². The Morgan fingerprint density at radius 1 is 0.642 bits per heavy atom. The fraction of sp³-hybridized carbons (Fsp3) is 0.942. The Morgan fingerprint density at radius 3 is 1.76 bits per heavy atom. The van der Waals surface area contributed by atoms with Crippen molar-refractivity contribution in [3.63, 3.8) is 0 Å². The molecule has 0 spiro atoms. The molecule has 6 fully saturated rings. The first-order valence-electron chi connectivity index (χ1n) is 26.3. The van der Waals surface area contributed by atoms with Crippen LogP contribution in [-0.2, 0) is 42.8 Å². The van der Waals surface area contributed by atoms with Crippen LogP contribution in [0.4, 0.5) is 0 Å². The molecule has 15 nitrogen and oxygen atoms in total. The Hall–Kier alpha value is -1.95. The van der Waals surface area contributed by atoms with E-state index in [2.05, 4.69) is 62.8 Å². The van der Waals surface area contributed by atoms with Crippen LogP contribution in [0, 0.1) is 53.3 Å². The number of esters is 2. The fourth-order valence-electron chi connectivity index (χ4n) is 13.9. The van der Waals surface area contributed by atoms with Crippen molar-refractivity contribution in [1.29, 1.82) is 0 Å². The normalized spacial score (nSPS) is 38.8. The van der Waals surface area contributed by atoms with Crippen molar-refractivity contribution in [2.75, 3.05) is 59.8 Å². The molecular weight excluding hydrogens is 855 g/mol. The zero-order valence-corrected chi connectivity index (χ0v) is 43.6. The van der Waals surface area contributed by atoms with Gasteiger partial charge in [0.25, 0.3) is 0 Å². The molecule has 17 unspecified atom stereocenters. The van der Waals surface area contributed by atoms with E-state index in [4.69, 9.17) is 28.4 Å². The van der Waals surface area contributed by atoms with Crippen LogP contribution in [0.5, 0.6) is 0 Å². The molecule has 0 aromatic rings. The molecule has 0 aromatic carbocycles. The van der Waals surface area contributed by atoms with Gasteiger partial charge in [-0.1, -0.05) is 41.0 Å². The van der Waals surface area contributed by atoms with Crippen molar-refractivity contribution in [2.24, 2.45) is 53.3 Å². The second-order valence-corrected chi connectivity index (χ2v) is 23.6. The van der Waals surface area contributed by atoms with E-state index in [9.17, 15) is 19.5 Å². The van der Waals surface area contributed by atoms with Crippen LogP contribution < -0.4 is 21.3 Å². The van der Waals surface area contributed by atoms with Crippen LogP contribution in [0.2, 0.25) is 0 Å². The second kappa shape index (κ2) is 23.5. The highest BCUT2D eigenvalue weighted by molar-refractivity contribution is 5.86. The number of nitrogens with zero attached hydrogens (tertiary/aromatic N) is 1. The number of methoxy groups -OCH3 is 1. The molecule has 19 atom stereocenters. The molecule has 5 N–H and O–H groups in total. The molecule has 5 heterocycles. The molecule has 6 aliphatic rings. The number of nitrogens with one attached hydrogen (secondary N) is 4. The minimum atomic E-state index is -0.741. The van der Waals surface area contributed by atoms with Crippen LogP contribution in [0.3, 0.4) is 0 Å². The largest absolute Gasteiger partial charge is 0.459 e. The summed E-state index contributed by atoms with van der Waals surface area (Å²) in [6, 6.07) is 2.00. The summed E-state index contributed by atoms with van der Waals surface area (Å²) < 4.78 is 34.4. The zero-order valence-electron chi connectivity index (χ0n) is 43.6. The van der Waals surface area contributed by atoms with Gasteiger partial charge in [-0.25, -0.2) is 0 Å². The molecule has 8 bridgehead atoms. The number of aliphatic hydroxyl groups is 1. The van der Waals surface area contributed by atoms with Gasteiger partial charge in [-0.05, 0) is 122 Å². The van der Waals surface area contributed by atoms with Crippen molar-refractivity contribution in [3.8, 4) is 0 Å². The maximum atomic E-state index is 14.3. The number of hydrogen-bond acceptors (Lipinski definition) is 14. The standard InChI is InChI=1S/C52H93N5O10/c1-14-34-29(2)37-26-42-47(33(6)65-22-21-64-20-19-63-18-17-62-13)31(4)39(54-42)24-38-30(3)35(49(55-38)36-23-43(58)48-32(5)40(56-50(36)48)25-41(34)53-37)15-16-44(59)57(27-45(60)66-51(7,8)9)28-46(61)67-52(10,11)12/h29-43,47-50,53-56,58H,14-28H2,1-13H3/t29?,30-,31?,32?,33?,34?,35-,36?,37?,38?,39?,40?,41?,42?,43?,47?,48?,49?,50?/m0/s1. The first-order chi connectivity index (χ1) is 31.6. The van der Waals surface area contributed by atoms with Crippen molar-refractivity contribution in [3.05, 3.63) is 0 Å². The Balaban J connectivity index is 1.24. The quantitative estimate of drug-likeness (QED) is 0.0889. The number of carbonyl (C=O) groups is 3. The van der Waals surface area contributed by atoms with Crippen LogP contribution in [-0.4, -0.2) is 159 Å².